The fourth-order valence-electron chi connectivity index (χ4n) is 2.79. The number of nitrogens with one attached hydrogen (secondary N) is 1. The molecule has 0 aromatic heterocycles. The average Bonchev–Trinajstić information content (AvgIpc) is 3.04. The fourth-order valence-corrected chi connectivity index (χ4v) is 2.79. The lowest BCUT2D eigenvalue weighted by Gasteiger charge is -2.15. The van der Waals surface area contributed by atoms with Gasteiger partial charge in [0.25, 0.3) is 5.91 Å². The molecule has 0 radical (unpaired) electrons. The minimum absolute atomic E-state index is 0.113. The van der Waals surface area contributed by atoms with Crippen molar-refractivity contribution in [2.24, 2.45) is 0 Å². The van der Waals surface area contributed by atoms with E-state index in [1.165, 1.54) is 13.0 Å². The van der Waals surface area contributed by atoms with E-state index < -0.39 is 18.0 Å². The Morgan fingerprint density at radius 1 is 0.929 bits per heavy atom. The minimum atomic E-state index is -0.992. The predicted octanol–water partition coefficient (Wildman–Crippen LogP) is 2.76. The Labute approximate surface area is 161 Å². The third kappa shape index (κ3) is 3.80. The maximum atomic E-state index is 12.4. The normalized spacial score (nSPS) is 15.3. The van der Waals surface area contributed by atoms with Gasteiger partial charge in [-0.2, -0.15) is 0 Å². The molecule has 0 saturated heterocycles. The molecule has 0 bridgehead atoms. The number of benzene rings is 2. The summed E-state index contributed by atoms with van der Waals surface area (Å²) in [6.45, 7) is 2.75. The molecule has 4 rings (SSSR count). The van der Waals surface area contributed by atoms with E-state index >= 15 is 0 Å². The molecule has 146 valence electrons. The van der Waals surface area contributed by atoms with E-state index in [9.17, 15) is 9.59 Å². The van der Waals surface area contributed by atoms with Crippen molar-refractivity contribution >= 4 is 17.6 Å². The lowest BCUT2D eigenvalue weighted by atomic mass is 10.2. The number of carbonyl (C=O) groups is 2. The van der Waals surface area contributed by atoms with Crippen LogP contribution in [-0.2, 0) is 9.53 Å². The zero-order valence-corrected chi connectivity index (χ0v) is 15.2. The summed E-state index contributed by atoms with van der Waals surface area (Å²) in [5.74, 6) is 1.16. The second-order valence-electron chi connectivity index (χ2n) is 6.32. The summed E-state index contributed by atoms with van der Waals surface area (Å²) >= 11 is 0. The molecule has 8 heteroatoms. The molecule has 1 N–H and O–H groups in total. The third-order valence-electron chi connectivity index (χ3n) is 4.28. The maximum absolute atomic E-state index is 12.4. The number of hydrogen-bond acceptors (Lipinski definition) is 7. The van der Waals surface area contributed by atoms with Crippen LogP contribution in [0.4, 0.5) is 5.69 Å². The van der Waals surface area contributed by atoms with Gasteiger partial charge in [0.1, 0.15) is 0 Å². The number of carbonyl (C=O) groups excluding carboxylic acids is 2. The minimum Gasteiger partial charge on any atom is -0.490 e. The van der Waals surface area contributed by atoms with Crippen LogP contribution in [0.3, 0.4) is 0 Å². The first kappa shape index (κ1) is 18.0. The smallest absolute Gasteiger partial charge is 0.339 e. The van der Waals surface area contributed by atoms with Gasteiger partial charge in [-0.1, -0.05) is 0 Å². The summed E-state index contributed by atoms with van der Waals surface area (Å²) in [5, 5.41) is 2.71. The van der Waals surface area contributed by atoms with Gasteiger partial charge in [0.15, 0.2) is 29.1 Å². The number of ether oxygens (including phenoxy) is 5. The van der Waals surface area contributed by atoms with Crippen LogP contribution in [0.15, 0.2) is 36.4 Å². The highest BCUT2D eigenvalue weighted by atomic mass is 16.7. The van der Waals surface area contributed by atoms with Gasteiger partial charge >= 0.3 is 5.97 Å². The molecule has 0 saturated carbocycles. The Morgan fingerprint density at radius 2 is 1.61 bits per heavy atom. The van der Waals surface area contributed by atoms with Crippen LogP contribution in [0, 0.1) is 0 Å². The van der Waals surface area contributed by atoms with Crippen molar-refractivity contribution < 1.29 is 33.3 Å². The number of esters is 1. The van der Waals surface area contributed by atoms with Crippen molar-refractivity contribution in [3.63, 3.8) is 0 Å². The molecule has 1 amide bonds. The van der Waals surface area contributed by atoms with Gasteiger partial charge in [-0.25, -0.2) is 4.79 Å². The zero-order chi connectivity index (χ0) is 19.5. The van der Waals surface area contributed by atoms with E-state index in [2.05, 4.69) is 5.32 Å². The van der Waals surface area contributed by atoms with E-state index in [4.69, 9.17) is 23.7 Å². The van der Waals surface area contributed by atoms with Gasteiger partial charge in [-0.15, -0.1) is 0 Å². The molecule has 0 spiro atoms. The van der Waals surface area contributed by atoms with Crippen LogP contribution < -0.4 is 24.3 Å². The highest BCUT2D eigenvalue weighted by molar-refractivity contribution is 5.97. The molecule has 2 aliphatic rings. The van der Waals surface area contributed by atoms with Gasteiger partial charge < -0.3 is 29.0 Å². The first-order valence-corrected chi connectivity index (χ1v) is 8.91. The fraction of sp³-hybridized carbons (Fsp3) is 0.300. The van der Waals surface area contributed by atoms with E-state index in [0.29, 0.717) is 41.9 Å². The van der Waals surface area contributed by atoms with Crippen molar-refractivity contribution in [3.05, 3.63) is 42.0 Å². The molecule has 1 atom stereocenters. The Balaban J connectivity index is 1.38. The Morgan fingerprint density at radius 3 is 2.46 bits per heavy atom. The second-order valence-corrected chi connectivity index (χ2v) is 6.32. The monoisotopic (exact) mass is 385 g/mol. The SMILES string of the molecule is C[C@H](OC(=O)c1ccc2c(c1)OCO2)C(=O)Nc1ccc2c(c1)OCCCO2. The van der Waals surface area contributed by atoms with Crippen molar-refractivity contribution in [2.75, 3.05) is 25.3 Å². The van der Waals surface area contributed by atoms with E-state index in [-0.39, 0.29) is 12.4 Å². The van der Waals surface area contributed by atoms with Crippen LogP contribution in [0.1, 0.15) is 23.7 Å². The molecule has 0 aliphatic carbocycles. The number of hydrogen-bond donors (Lipinski definition) is 1. The van der Waals surface area contributed by atoms with Gasteiger partial charge in [0.2, 0.25) is 6.79 Å². The van der Waals surface area contributed by atoms with Gasteiger partial charge in [0, 0.05) is 18.2 Å². The quantitative estimate of drug-likeness (QED) is 0.809. The van der Waals surface area contributed by atoms with E-state index in [1.807, 2.05) is 0 Å². The Kier molecular flexibility index (Phi) is 4.92. The standard InChI is InChI=1S/C20H19NO7/c1-12(28-20(23)13-3-5-16-17(9-13)27-11-26-16)19(22)21-14-4-6-15-18(10-14)25-8-2-7-24-15/h3-6,9-10,12H,2,7-8,11H2,1H3,(H,21,22)/t12-/m0/s1. The Hall–Kier alpha value is -3.42. The average molecular weight is 385 g/mol. The summed E-state index contributed by atoms with van der Waals surface area (Å²) in [7, 11) is 0. The van der Waals surface area contributed by atoms with Crippen LogP contribution in [0.2, 0.25) is 0 Å². The highest BCUT2D eigenvalue weighted by Crippen LogP contribution is 2.33. The zero-order valence-electron chi connectivity index (χ0n) is 15.2. The number of rotatable bonds is 4. The van der Waals surface area contributed by atoms with Crippen molar-refractivity contribution in [3.8, 4) is 23.0 Å². The van der Waals surface area contributed by atoms with Crippen molar-refractivity contribution in [1.29, 1.82) is 0 Å². The first-order valence-electron chi connectivity index (χ1n) is 8.91. The number of anilines is 1. The summed E-state index contributed by atoms with van der Waals surface area (Å²) in [4.78, 5) is 24.7. The molecule has 2 aliphatic heterocycles. The summed E-state index contributed by atoms with van der Waals surface area (Å²) < 4.78 is 26.9. The molecular weight excluding hydrogens is 366 g/mol. The first-order chi connectivity index (χ1) is 13.6. The van der Waals surface area contributed by atoms with Crippen molar-refractivity contribution in [1.82, 2.24) is 0 Å². The molecule has 8 nitrogen and oxygen atoms in total. The van der Waals surface area contributed by atoms with Gasteiger partial charge in [0.05, 0.1) is 18.8 Å². The van der Waals surface area contributed by atoms with Crippen LogP contribution in [0.25, 0.3) is 0 Å². The Bertz CT molecular complexity index is 911. The predicted molar refractivity (Wildman–Crippen MR) is 98.1 cm³/mol. The van der Waals surface area contributed by atoms with Crippen LogP contribution >= 0.6 is 0 Å². The van der Waals surface area contributed by atoms with Gasteiger partial charge in [-0.3, -0.25) is 4.79 Å². The molecular formula is C20H19NO7. The van der Waals surface area contributed by atoms with E-state index in [0.717, 1.165) is 6.42 Å². The molecule has 28 heavy (non-hydrogen) atoms. The third-order valence-corrected chi connectivity index (χ3v) is 4.28. The molecule has 0 fully saturated rings. The van der Waals surface area contributed by atoms with Crippen LogP contribution in [0.5, 0.6) is 23.0 Å². The summed E-state index contributed by atoms with van der Waals surface area (Å²) in [6.07, 6.45) is -0.197. The largest absolute Gasteiger partial charge is 0.490 e. The lowest BCUT2D eigenvalue weighted by Crippen LogP contribution is -2.30. The van der Waals surface area contributed by atoms with Crippen molar-refractivity contribution in [2.45, 2.75) is 19.4 Å². The topological polar surface area (TPSA) is 92.3 Å². The summed E-state index contributed by atoms with van der Waals surface area (Å²) in [6, 6.07) is 9.84. The molecule has 2 heterocycles. The maximum Gasteiger partial charge on any atom is 0.339 e. The highest BCUT2D eigenvalue weighted by Gasteiger charge is 2.22. The summed E-state index contributed by atoms with van der Waals surface area (Å²) in [5.41, 5.74) is 0.805. The number of fused-ring (bicyclic) bond motifs is 2. The lowest BCUT2D eigenvalue weighted by molar-refractivity contribution is -0.123. The molecule has 2 aromatic rings. The number of amides is 1. The van der Waals surface area contributed by atoms with Gasteiger partial charge in [-0.05, 0) is 37.3 Å². The van der Waals surface area contributed by atoms with E-state index in [1.54, 1.807) is 30.3 Å². The second kappa shape index (κ2) is 7.67. The molecule has 0 unspecified atom stereocenters. The molecule has 2 aromatic carbocycles. The van der Waals surface area contributed by atoms with Crippen LogP contribution in [-0.4, -0.2) is 38.0 Å².